The Morgan fingerprint density at radius 2 is 1.50 bits per heavy atom. The van der Waals surface area contributed by atoms with Crippen LogP contribution in [0.1, 0.15) is 25.0 Å². The standard InChI is InChI=1S/C21H19N3/c22-15-9-3-8-14-20-19(17-10-4-1-5-11-17)16-23-21(24-20)18-12-6-2-7-13-18/h1-2,4-7,10-13,16H,3,8-9,14H2. The minimum atomic E-state index is 0.595. The Hall–Kier alpha value is -2.99. The summed E-state index contributed by atoms with van der Waals surface area (Å²) in [6, 6.07) is 22.5. The van der Waals surface area contributed by atoms with Crippen molar-refractivity contribution in [2.45, 2.75) is 25.7 Å². The number of hydrogen-bond donors (Lipinski definition) is 0. The number of nitriles is 1. The maximum atomic E-state index is 8.71. The second-order valence-corrected chi connectivity index (χ2v) is 5.65. The molecule has 3 rings (SSSR count). The van der Waals surface area contributed by atoms with Crippen molar-refractivity contribution >= 4 is 0 Å². The van der Waals surface area contributed by atoms with Crippen LogP contribution >= 0.6 is 0 Å². The van der Waals surface area contributed by atoms with Gasteiger partial charge in [-0.1, -0.05) is 60.7 Å². The Kier molecular flexibility index (Phi) is 5.32. The molecule has 24 heavy (non-hydrogen) atoms. The molecule has 0 bridgehead atoms. The molecule has 118 valence electrons. The van der Waals surface area contributed by atoms with E-state index in [1.807, 2.05) is 54.7 Å². The average molecular weight is 313 g/mol. The van der Waals surface area contributed by atoms with Crippen molar-refractivity contribution in [2.24, 2.45) is 0 Å². The number of nitrogens with zero attached hydrogens (tertiary/aromatic N) is 3. The van der Waals surface area contributed by atoms with Gasteiger partial charge in [0, 0.05) is 23.7 Å². The van der Waals surface area contributed by atoms with E-state index in [2.05, 4.69) is 23.2 Å². The van der Waals surface area contributed by atoms with Crippen LogP contribution in [0.3, 0.4) is 0 Å². The Labute approximate surface area is 142 Å². The van der Waals surface area contributed by atoms with Crippen molar-refractivity contribution in [2.75, 3.05) is 0 Å². The maximum Gasteiger partial charge on any atom is 0.159 e. The molecule has 0 saturated carbocycles. The molecule has 2 aromatic carbocycles. The van der Waals surface area contributed by atoms with Crippen LogP contribution in [0.15, 0.2) is 66.9 Å². The lowest BCUT2D eigenvalue weighted by atomic mass is 10.0. The SMILES string of the molecule is N#CCCCCc1nc(-c2ccccc2)ncc1-c1ccccc1. The van der Waals surface area contributed by atoms with Gasteiger partial charge >= 0.3 is 0 Å². The first kappa shape index (κ1) is 15.9. The molecule has 0 unspecified atom stereocenters. The molecule has 0 aliphatic heterocycles. The quantitative estimate of drug-likeness (QED) is 0.598. The van der Waals surface area contributed by atoms with Crippen molar-refractivity contribution in [3.63, 3.8) is 0 Å². The van der Waals surface area contributed by atoms with Crippen LogP contribution in [0.4, 0.5) is 0 Å². The van der Waals surface area contributed by atoms with Crippen molar-refractivity contribution in [3.8, 4) is 28.6 Å². The lowest BCUT2D eigenvalue weighted by Gasteiger charge is -2.10. The number of unbranched alkanes of at least 4 members (excludes halogenated alkanes) is 2. The molecule has 0 amide bonds. The Balaban J connectivity index is 1.95. The Bertz CT molecular complexity index is 821. The lowest BCUT2D eigenvalue weighted by Crippen LogP contribution is -2.00. The minimum absolute atomic E-state index is 0.595. The van der Waals surface area contributed by atoms with Gasteiger partial charge in [0.1, 0.15) is 0 Å². The van der Waals surface area contributed by atoms with Crippen molar-refractivity contribution in [3.05, 3.63) is 72.6 Å². The third-order valence-electron chi connectivity index (χ3n) is 3.94. The second kappa shape index (κ2) is 8.03. The van der Waals surface area contributed by atoms with E-state index in [4.69, 9.17) is 10.2 Å². The third kappa shape index (κ3) is 3.85. The van der Waals surface area contributed by atoms with Crippen LogP contribution < -0.4 is 0 Å². The van der Waals surface area contributed by atoms with Gasteiger partial charge in [-0.25, -0.2) is 9.97 Å². The molecule has 0 radical (unpaired) electrons. The smallest absolute Gasteiger partial charge is 0.159 e. The van der Waals surface area contributed by atoms with Crippen LogP contribution in [0, 0.1) is 11.3 Å². The fourth-order valence-corrected chi connectivity index (χ4v) is 2.69. The molecule has 0 aliphatic rings. The third-order valence-corrected chi connectivity index (χ3v) is 3.94. The molecule has 0 atom stereocenters. The highest BCUT2D eigenvalue weighted by Crippen LogP contribution is 2.25. The molecule has 1 aromatic heterocycles. The number of aromatic nitrogens is 2. The lowest BCUT2D eigenvalue weighted by molar-refractivity contribution is 0.739. The minimum Gasteiger partial charge on any atom is -0.236 e. The molecule has 3 aromatic rings. The molecule has 3 heteroatoms. The Morgan fingerprint density at radius 1 is 0.833 bits per heavy atom. The largest absolute Gasteiger partial charge is 0.236 e. The fourth-order valence-electron chi connectivity index (χ4n) is 2.69. The van der Waals surface area contributed by atoms with Gasteiger partial charge < -0.3 is 0 Å². The van der Waals surface area contributed by atoms with Crippen molar-refractivity contribution in [1.82, 2.24) is 9.97 Å². The van der Waals surface area contributed by atoms with Crippen LogP contribution in [-0.2, 0) is 6.42 Å². The molecule has 3 nitrogen and oxygen atoms in total. The van der Waals surface area contributed by atoms with Crippen LogP contribution in [0.25, 0.3) is 22.5 Å². The number of hydrogen-bond acceptors (Lipinski definition) is 3. The first-order valence-electron chi connectivity index (χ1n) is 8.22. The van der Waals surface area contributed by atoms with Gasteiger partial charge in [0.05, 0.1) is 11.8 Å². The monoisotopic (exact) mass is 313 g/mol. The van der Waals surface area contributed by atoms with E-state index in [0.717, 1.165) is 47.5 Å². The van der Waals surface area contributed by atoms with Gasteiger partial charge in [0.2, 0.25) is 0 Å². The first-order valence-corrected chi connectivity index (χ1v) is 8.22. The number of rotatable bonds is 6. The fraction of sp³-hybridized carbons (Fsp3) is 0.190. The highest BCUT2D eigenvalue weighted by Gasteiger charge is 2.10. The normalized spacial score (nSPS) is 10.3. The summed E-state index contributed by atoms with van der Waals surface area (Å²) in [4.78, 5) is 9.39. The van der Waals surface area contributed by atoms with Crippen LogP contribution in [0.5, 0.6) is 0 Å². The first-order chi connectivity index (χ1) is 11.9. The molecule has 0 fully saturated rings. The zero-order chi connectivity index (χ0) is 16.6. The zero-order valence-corrected chi connectivity index (χ0v) is 13.5. The summed E-state index contributed by atoms with van der Waals surface area (Å²) >= 11 is 0. The molecule has 0 aliphatic carbocycles. The molecule has 0 saturated heterocycles. The molecule has 0 spiro atoms. The summed E-state index contributed by atoms with van der Waals surface area (Å²) in [5.41, 5.74) is 4.28. The maximum absolute atomic E-state index is 8.71. The molecule has 0 N–H and O–H groups in total. The summed E-state index contributed by atoms with van der Waals surface area (Å²) in [6.45, 7) is 0. The van der Waals surface area contributed by atoms with Gasteiger partial charge in [-0.2, -0.15) is 5.26 Å². The summed E-state index contributed by atoms with van der Waals surface area (Å²) < 4.78 is 0. The van der Waals surface area contributed by atoms with Gasteiger partial charge in [0.15, 0.2) is 5.82 Å². The summed E-state index contributed by atoms with van der Waals surface area (Å²) in [7, 11) is 0. The molecular formula is C21H19N3. The topological polar surface area (TPSA) is 49.6 Å². The van der Waals surface area contributed by atoms with Crippen LogP contribution in [-0.4, -0.2) is 9.97 Å². The van der Waals surface area contributed by atoms with Gasteiger partial charge in [0.25, 0.3) is 0 Å². The summed E-state index contributed by atoms with van der Waals surface area (Å²) in [6.07, 6.45) is 5.23. The molecule has 1 heterocycles. The number of benzene rings is 2. The van der Waals surface area contributed by atoms with E-state index in [0.29, 0.717) is 6.42 Å². The Morgan fingerprint density at radius 3 is 2.17 bits per heavy atom. The van der Waals surface area contributed by atoms with E-state index in [1.54, 1.807) is 0 Å². The van der Waals surface area contributed by atoms with Gasteiger partial charge in [-0.3, -0.25) is 0 Å². The highest BCUT2D eigenvalue weighted by molar-refractivity contribution is 5.67. The van der Waals surface area contributed by atoms with Crippen LogP contribution in [0.2, 0.25) is 0 Å². The zero-order valence-electron chi connectivity index (χ0n) is 13.5. The predicted octanol–water partition coefficient (Wildman–Crippen LogP) is 5.05. The van der Waals surface area contributed by atoms with Crippen molar-refractivity contribution in [1.29, 1.82) is 5.26 Å². The average Bonchev–Trinajstić information content (AvgIpc) is 2.66. The van der Waals surface area contributed by atoms with E-state index >= 15 is 0 Å². The van der Waals surface area contributed by atoms with E-state index < -0.39 is 0 Å². The second-order valence-electron chi connectivity index (χ2n) is 5.65. The van der Waals surface area contributed by atoms with Gasteiger partial charge in [-0.15, -0.1) is 0 Å². The summed E-state index contributed by atoms with van der Waals surface area (Å²) in [5, 5.41) is 8.71. The van der Waals surface area contributed by atoms with Gasteiger partial charge in [-0.05, 0) is 24.8 Å². The van der Waals surface area contributed by atoms with E-state index in [1.165, 1.54) is 0 Å². The van der Waals surface area contributed by atoms with E-state index in [9.17, 15) is 0 Å². The highest BCUT2D eigenvalue weighted by atomic mass is 14.9. The molecular weight excluding hydrogens is 294 g/mol. The predicted molar refractivity (Wildman–Crippen MR) is 96.1 cm³/mol. The van der Waals surface area contributed by atoms with Crippen molar-refractivity contribution < 1.29 is 0 Å². The number of aryl methyl sites for hydroxylation is 1. The van der Waals surface area contributed by atoms with E-state index in [-0.39, 0.29) is 0 Å². The summed E-state index contributed by atoms with van der Waals surface area (Å²) in [5.74, 6) is 0.755.